The summed E-state index contributed by atoms with van der Waals surface area (Å²) >= 11 is 0. The van der Waals surface area contributed by atoms with Crippen molar-refractivity contribution in [3.63, 3.8) is 0 Å². The average molecular weight is 259 g/mol. The summed E-state index contributed by atoms with van der Waals surface area (Å²) in [6.07, 6.45) is 1.55. The van der Waals surface area contributed by atoms with Crippen LogP contribution in [-0.4, -0.2) is 21.8 Å². The molecule has 19 heavy (non-hydrogen) atoms. The molecule has 3 rings (SSSR count). The quantitative estimate of drug-likeness (QED) is 0.865. The van der Waals surface area contributed by atoms with Crippen LogP contribution >= 0.6 is 0 Å². The van der Waals surface area contributed by atoms with Gasteiger partial charge in [-0.2, -0.15) is 4.98 Å². The lowest BCUT2D eigenvalue weighted by Gasteiger charge is -2.02. The second-order valence-corrected chi connectivity index (χ2v) is 4.96. The number of nitrogens with two attached hydrogens (primary N) is 1. The normalized spacial score (nSPS) is 16.5. The summed E-state index contributed by atoms with van der Waals surface area (Å²) in [5.41, 5.74) is 8.10. The Hall–Kier alpha value is -1.72. The Balaban J connectivity index is 1.75. The van der Waals surface area contributed by atoms with Crippen molar-refractivity contribution in [3.8, 4) is 0 Å². The molecule has 0 bridgehead atoms. The third kappa shape index (κ3) is 2.39. The number of aliphatic hydroxyl groups excluding tert-OH is 1. The highest BCUT2D eigenvalue weighted by Gasteiger charge is 2.27. The van der Waals surface area contributed by atoms with Crippen molar-refractivity contribution in [1.29, 1.82) is 0 Å². The molecule has 5 nitrogen and oxygen atoms in total. The van der Waals surface area contributed by atoms with Gasteiger partial charge in [0.1, 0.15) is 6.10 Å². The van der Waals surface area contributed by atoms with Gasteiger partial charge in [-0.25, -0.2) is 0 Å². The Kier molecular flexibility index (Phi) is 3.31. The number of nitrogens with zero attached hydrogens (tertiary/aromatic N) is 2. The molecule has 1 atom stereocenters. The molecule has 0 radical (unpaired) electrons. The third-order valence-electron chi connectivity index (χ3n) is 3.60. The van der Waals surface area contributed by atoms with Gasteiger partial charge in [-0.3, -0.25) is 0 Å². The van der Waals surface area contributed by atoms with Crippen molar-refractivity contribution in [1.82, 2.24) is 10.1 Å². The Morgan fingerprint density at radius 1 is 1.32 bits per heavy atom. The van der Waals surface area contributed by atoms with Crippen molar-refractivity contribution in [2.75, 3.05) is 6.54 Å². The molecule has 5 heteroatoms. The second-order valence-electron chi connectivity index (χ2n) is 4.96. The Morgan fingerprint density at radius 2 is 2.00 bits per heavy atom. The van der Waals surface area contributed by atoms with Crippen LogP contribution in [0, 0.1) is 0 Å². The molecule has 1 heterocycles. The molecule has 0 amide bonds. The van der Waals surface area contributed by atoms with Gasteiger partial charge in [-0.15, -0.1) is 0 Å². The molecule has 2 aromatic rings. The standard InChI is InChI=1S/C14H17N3O2/c15-6-5-12(18)14-16-13(17-19-14)11-7-9-3-1-2-4-10(9)8-11/h1-4,11-12,18H,5-8,15H2/t12-/m0/s1. The molecule has 0 unspecified atom stereocenters. The summed E-state index contributed by atoms with van der Waals surface area (Å²) in [5, 5.41) is 13.8. The Morgan fingerprint density at radius 3 is 2.63 bits per heavy atom. The minimum atomic E-state index is -0.755. The zero-order valence-electron chi connectivity index (χ0n) is 10.6. The van der Waals surface area contributed by atoms with Crippen LogP contribution < -0.4 is 5.73 Å². The summed E-state index contributed by atoms with van der Waals surface area (Å²) in [6, 6.07) is 8.38. The molecular formula is C14H17N3O2. The fraction of sp³-hybridized carbons (Fsp3) is 0.429. The summed E-state index contributed by atoms with van der Waals surface area (Å²) in [5.74, 6) is 1.21. The molecule has 1 aliphatic carbocycles. The van der Waals surface area contributed by atoms with Gasteiger partial charge >= 0.3 is 0 Å². The lowest BCUT2D eigenvalue weighted by Crippen LogP contribution is -2.07. The second kappa shape index (κ2) is 5.11. The molecule has 3 N–H and O–H groups in total. The van der Waals surface area contributed by atoms with E-state index in [1.165, 1.54) is 11.1 Å². The number of benzene rings is 1. The van der Waals surface area contributed by atoms with E-state index in [1.54, 1.807) is 0 Å². The first kappa shape index (κ1) is 12.3. The summed E-state index contributed by atoms with van der Waals surface area (Å²) in [7, 11) is 0. The maximum absolute atomic E-state index is 9.77. The number of rotatable bonds is 4. The van der Waals surface area contributed by atoms with Gasteiger partial charge in [0.25, 0.3) is 5.89 Å². The lowest BCUT2D eigenvalue weighted by molar-refractivity contribution is 0.127. The van der Waals surface area contributed by atoms with Crippen molar-refractivity contribution in [3.05, 3.63) is 47.1 Å². The zero-order valence-corrected chi connectivity index (χ0v) is 10.6. The van der Waals surface area contributed by atoms with Crippen molar-refractivity contribution in [2.24, 2.45) is 5.73 Å². The highest BCUT2D eigenvalue weighted by molar-refractivity contribution is 5.34. The Bertz CT molecular complexity index is 542. The molecule has 1 aliphatic rings. The molecule has 0 saturated carbocycles. The number of aromatic nitrogens is 2. The van der Waals surface area contributed by atoms with Gasteiger partial charge in [0.2, 0.25) is 0 Å². The van der Waals surface area contributed by atoms with Gasteiger partial charge in [-0.1, -0.05) is 29.4 Å². The SMILES string of the molecule is NCC[C@H](O)c1nc(C2Cc3ccccc3C2)no1. The topological polar surface area (TPSA) is 85.2 Å². The van der Waals surface area contributed by atoms with E-state index in [9.17, 15) is 5.11 Å². The van der Waals surface area contributed by atoms with E-state index in [2.05, 4.69) is 22.3 Å². The van der Waals surface area contributed by atoms with E-state index in [-0.39, 0.29) is 11.8 Å². The lowest BCUT2D eigenvalue weighted by atomic mass is 10.1. The molecular weight excluding hydrogens is 242 g/mol. The molecule has 100 valence electrons. The van der Waals surface area contributed by atoms with Crippen LogP contribution in [0.5, 0.6) is 0 Å². The smallest absolute Gasteiger partial charge is 0.255 e. The van der Waals surface area contributed by atoms with Crippen LogP contribution in [0.15, 0.2) is 28.8 Å². The average Bonchev–Trinajstić information content (AvgIpc) is 3.05. The van der Waals surface area contributed by atoms with E-state index in [4.69, 9.17) is 10.3 Å². The van der Waals surface area contributed by atoms with Gasteiger partial charge in [0.15, 0.2) is 5.82 Å². The minimum Gasteiger partial charge on any atom is -0.383 e. The van der Waals surface area contributed by atoms with Gasteiger partial charge in [0, 0.05) is 5.92 Å². The fourth-order valence-electron chi connectivity index (χ4n) is 2.57. The summed E-state index contributed by atoms with van der Waals surface area (Å²) in [4.78, 5) is 4.31. The van der Waals surface area contributed by atoms with Crippen molar-refractivity contribution in [2.45, 2.75) is 31.3 Å². The molecule has 0 fully saturated rings. The van der Waals surface area contributed by atoms with Crippen molar-refractivity contribution < 1.29 is 9.63 Å². The highest BCUT2D eigenvalue weighted by Crippen LogP contribution is 2.32. The van der Waals surface area contributed by atoms with E-state index >= 15 is 0 Å². The van der Waals surface area contributed by atoms with E-state index in [0.717, 1.165) is 12.8 Å². The van der Waals surface area contributed by atoms with Gasteiger partial charge in [-0.05, 0) is 36.9 Å². The predicted molar refractivity (Wildman–Crippen MR) is 69.5 cm³/mol. The van der Waals surface area contributed by atoms with Crippen LogP contribution in [0.4, 0.5) is 0 Å². The molecule has 0 saturated heterocycles. The number of hydrogen-bond acceptors (Lipinski definition) is 5. The number of fused-ring (bicyclic) bond motifs is 1. The van der Waals surface area contributed by atoms with Crippen molar-refractivity contribution >= 4 is 0 Å². The van der Waals surface area contributed by atoms with E-state index in [0.29, 0.717) is 18.8 Å². The van der Waals surface area contributed by atoms with Crippen LogP contribution in [0.1, 0.15) is 41.3 Å². The molecule has 1 aromatic heterocycles. The fourth-order valence-corrected chi connectivity index (χ4v) is 2.57. The highest BCUT2D eigenvalue weighted by atomic mass is 16.5. The first-order chi connectivity index (χ1) is 9.28. The first-order valence-electron chi connectivity index (χ1n) is 6.56. The summed E-state index contributed by atoms with van der Waals surface area (Å²) in [6.45, 7) is 0.397. The van der Waals surface area contributed by atoms with Crippen LogP contribution in [0.3, 0.4) is 0 Å². The monoisotopic (exact) mass is 259 g/mol. The first-order valence-corrected chi connectivity index (χ1v) is 6.56. The molecule has 0 aliphatic heterocycles. The predicted octanol–water partition coefficient (Wildman–Crippen LogP) is 1.33. The van der Waals surface area contributed by atoms with Crippen LogP contribution in [0.25, 0.3) is 0 Å². The van der Waals surface area contributed by atoms with Gasteiger partial charge in [0.05, 0.1) is 0 Å². The van der Waals surface area contributed by atoms with Gasteiger partial charge < -0.3 is 15.4 Å². The number of hydrogen-bond donors (Lipinski definition) is 2. The van der Waals surface area contributed by atoms with Crippen LogP contribution in [0.2, 0.25) is 0 Å². The maximum Gasteiger partial charge on any atom is 0.255 e. The Labute approximate surface area is 111 Å². The molecule has 0 spiro atoms. The van der Waals surface area contributed by atoms with Crippen LogP contribution in [-0.2, 0) is 12.8 Å². The zero-order chi connectivity index (χ0) is 13.2. The van der Waals surface area contributed by atoms with E-state index in [1.807, 2.05) is 12.1 Å². The maximum atomic E-state index is 9.77. The largest absolute Gasteiger partial charge is 0.383 e. The molecule has 1 aromatic carbocycles. The van der Waals surface area contributed by atoms with E-state index < -0.39 is 6.10 Å². The minimum absolute atomic E-state index is 0.250. The number of aliphatic hydroxyl groups is 1. The third-order valence-corrected chi connectivity index (χ3v) is 3.60. The summed E-state index contributed by atoms with van der Waals surface area (Å²) < 4.78 is 5.12.